The molecule has 0 spiro atoms. The van der Waals surface area contributed by atoms with Crippen LogP contribution in [0, 0.1) is 0 Å². The molecule has 1 N–H and O–H groups in total. The Morgan fingerprint density at radius 2 is 2.05 bits per heavy atom. The quantitative estimate of drug-likeness (QED) is 0.832. The van der Waals surface area contributed by atoms with Gasteiger partial charge in [0, 0.05) is 5.56 Å². The van der Waals surface area contributed by atoms with Crippen LogP contribution in [0.25, 0.3) is 0 Å². The number of para-hydroxylation sites is 1. The summed E-state index contributed by atoms with van der Waals surface area (Å²) in [4.78, 5) is 11.9. The van der Waals surface area contributed by atoms with Crippen molar-refractivity contribution in [3.8, 4) is 5.75 Å². The van der Waals surface area contributed by atoms with Crippen molar-refractivity contribution in [2.24, 2.45) is 0 Å². The molecule has 0 fully saturated rings. The number of hydrogen-bond acceptors (Lipinski definition) is 3. The lowest BCUT2D eigenvalue weighted by Crippen LogP contribution is -2.35. The lowest BCUT2D eigenvalue weighted by molar-refractivity contribution is 0.0503. The van der Waals surface area contributed by atoms with Gasteiger partial charge < -0.3 is 14.8 Å². The van der Waals surface area contributed by atoms with Crippen molar-refractivity contribution in [3.63, 3.8) is 0 Å². The predicted octanol–water partition coefficient (Wildman–Crippen LogP) is 3.84. The molecule has 0 aliphatic carbocycles. The lowest BCUT2D eigenvalue weighted by atomic mass is 10.0. The van der Waals surface area contributed by atoms with Crippen molar-refractivity contribution >= 4 is 6.09 Å². The third kappa shape index (κ3) is 4.96. The average molecular weight is 277 g/mol. The Balaban J connectivity index is 2.89. The normalized spacial score (nSPS) is 12.4. The van der Waals surface area contributed by atoms with Gasteiger partial charge in [0.05, 0.1) is 13.2 Å². The topological polar surface area (TPSA) is 47.6 Å². The molecule has 0 saturated heterocycles. The first-order chi connectivity index (χ1) is 9.37. The van der Waals surface area contributed by atoms with Gasteiger partial charge in [0.1, 0.15) is 11.4 Å². The minimum atomic E-state index is -0.524. The van der Waals surface area contributed by atoms with Gasteiger partial charge in [0.2, 0.25) is 0 Å². The van der Waals surface area contributed by atoms with Crippen molar-refractivity contribution in [2.45, 2.75) is 38.8 Å². The summed E-state index contributed by atoms with van der Waals surface area (Å²) in [5, 5.41) is 2.85. The fourth-order valence-electron chi connectivity index (χ4n) is 1.83. The first kappa shape index (κ1) is 16.1. The monoisotopic (exact) mass is 277 g/mol. The number of benzene rings is 1. The van der Waals surface area contributed by atoms with Gasteiger partial charge in [0.25, 0.3) is 0 Å². The molecule has 0 aliphatic rings. The Morgan fingerprint density at radius 3 is 2.60 bits per heavy atom. The van der Waals surface area contributed by atoms with Gasteiger partial charge in [0.15, 0.2) is 0 Å². The molecule has 20 heavy (non-hydrogen) atoms. The van der Waals surface area contributed by atoms with E-state index in [2.05, 4.69) is 11.9 Å². The maximum atomic E-state index is 11.9. The Labute approximate surface area is 120 Å². The summed E-state index contributed by atoms with van der Waals surface area (Å²) in [7, 11) is 1.61. The number of amides is 1. The number of hydrogen-bond donors (Lipinski definition) is 1. The van der Waals surface area contributed by atoms with E-state index in [0.29, 0.717) is 6.42 Å². The van der Waals surface area contributed by atoms with Crippen LogP contribution in [0.3, 0.4) is 0 Å². The van der Waals surface area contributed by atoms with Gasteiger partial charge in [-0.05, 0) is 33.3 Å². The summed E-state index contributed by atoms with van der Waals surface area (Å²) in [6, 6.07) is 7.36. The van der Waals surface area contributed by atoms with Crippen LogP contribution >= 0.6 is 0 Å². The van der Waals surface area contributed by atoms with E-state index in [1.807, 2.05) is 45.0 Å². The van der Waals surface area contributed by atoms with Crippen molar-refractivity contribution in [1.29, 1.82) is 0 Å². The second-order valence-corrected chi connectivity index (χ2v) is 5.47. The zero-order valence-corrected chi connectivity index (χ0v) is 12.6. The van der Waals surface area contributed by atoms with Crippen molar-refractivity contribution in [2.75, 3.05) is 7.11 Å². The molecule has 1 rings (SSSR count). The first-order valence-electron chi connectivity index (χ1n) is 6.60. The molecule has 0 aromatic heterocycles. The number of carbonyl (C=O) groups excluding carboxylic acids is 1. The average Bonchev–Trinajstić information content (AvgIpc) is 2.36. The molecule has 0 bridgehead atoms. The van der Waals surface area contributed by atoms with E-state index in [-0.39, 0.29) is 6.04 Å². The van der Waals surface area contributed by atoms with E-state index in [1.54, 1.807) is 13.2 Å². The Bertz CT molecular complexity index is 463. The fraction of sp³-hybridized carbons (Fsp3) is 0.438. The summed E-state index contributed by atoms with van der Waals surface area (Å²) in [6.45, 7) is 9.23. The Hall–Kier alpha value is -1.97. The van der Waals surface area contributed by atoms with Gasteiger partial charge in [-0.2, -0.15) is 0 Å². The summed E-state index contributed by atoms with van der Waals surface area (Å²) in [5.41, 5.74) is 0.379. The maximum absolute atomic E-state index is 11.9. The van der Waals surface area contributed by atoms with Gasteiger partial charge in [-0.15, -0.1) is 6.58 Å². The molecular formula is C16H23NO3. The smallest absolute Gasteiger partial charge is 0.408 e. The van der Waals surface area contributed by atoms with E-state index in [9.17, 15) is 4.79 Å². The molecule has 0 heterocycles. The molecule has 0 unspecified atom stereocenters. The van der Waals surface area contributed by atoms with Crippen LogP contribution in [-0.2, 0) is 4.74 Å². The minimum absolute atomic E-state index is 0.224. The second-order valence-electron chi connectivity index (χ2n) is 5.47. The number of rotatable bonds is 5. The highest BCUT2D eigenvalue weighted by Crippen LogP contribution is 2.27. The van der Waals surface area contributed by atoms with Crippen LogP contribution in [-0.4, -0.2) is 18.8 Å². The molecule has 4 heteroatoms. The molecule has 1 aromatic carbocycles. The van der Waals surface area contributed by atoms with Gasteiger partial charge >= 0.3 is 6.09 Å². The van der Waals surface area contributed by atoms with Crippen molar-refractivity contribution in [1.82, 2.24) is 5.32 Å². The van der Waals surface area contributed by atoms with Crippen LogP contribution in [0.1, 0.15) is 38.8 Å². The Morgan fingerprint density at radius 1 is 1.40 bits per heavy atom. The van der Waals surface area contributed by atoms with E-state index in [4.69, 9.17) is 9.47 Å². The molecule has 1 amide bonds. The third-order valence-corrected chi connectivity index (χ3v) is 2.61. The molecule has 0 saturated carbocycles. The van der Waals surface area contributed by atoms with Crippen LogP contribution in [0.15, 0.2) is 36.9 Å². The molecular weight excluding hydrogens is 254 g/mol. The minimum Gasteiger partial charge on any atom is -0.496 e. The first-order valence-corrected chi connectivity index (χ1v) is 6.60. The second kappa shape index (κ2) is 6.98. The summed E-state index contributed by atoms with van der Waals surface area (Å²) < 4.78 is 10.6. The SMILES string of the molecule is C=CC[C@@H](NC(=O)OC(C)(C)C)c1ccccc1OC. The number of ether oxygens (including phenoxy) is 2. The number of alkyl carbamates (subject to hydrolysis) is 1. The van der Waals surface area contributed by atoms with Crippen LogP contribution in [0.5, 0.6) is 5.75 Å². The molecule has 1 aromatic rings. The predicted molar refractivity (Wildman–Crippen MR) is 79.9 cm³/mol. The summed E-state index contributed by atoms with van der Waals surface area (Å²) >= 11 is 0. The third-order valence-electron chi connectivity index (χ3n) is 2.61. The number of methoxy groups -OCH3 is 1. The standard InChI is InChI=1S/C16H23NO3/c1-6-9-13(17-15(18)20-16(2,3)4)12-10-7-8-11-14(12)19-5/h6-8,10-11,13H,1,9H2,2-5H3,(H,17,18)/t13-/m1/s1. The van der Waals surface area contributed by atoms with Crippen molar-refractivity contribution < 1.29 is 14.3 Å². The van der Waals surface area contributed by atoms with E-state index in [1.165, 1.54) is 0 Å². The lowest BCUT2D eigenvalue weighted by Gasteiger charge is -2.24. The maximum Gasteiger partial charge on any atom is 0.408 e. The van der Waals surface area contributed by atoms with E-state index >= 15 is 0 Å². The van der Waals surface area contributed by atoms with E-state index in [0.717, 1.165) is 11.3 Å². The number of carbonyl (C=O) groups is 1. The fourth-order valence-corrected chi connectivity index (χ4v) is 1.83. The van der Waals surface area contributed by atoms with Gasteiger partial charge in [-0.1, -0.05) is 24.3 Å². The van der Waals surface area contributed by atoms with Crippen LogP contribution in [0.2, 0.25) is 0 Å². The van der Waals surface area contributed by atoms with Crippen LogP contribution in [0.4, 0.5) is 4.79 Å². The summed E-state index contributed by atoms with van der Waals surface area (Å²) in [5.74, 6) is 0.732. The highest BCUT2D eigenvalue weighted by Gasteiger charge is 2.21. The largest absolute Gasteiger partial charge is 0.496 e. The summed E-state index contributed by atoms with van der Waals surface area (Å²) in [6.07, 6.45) is 1.91. The Kier molecular flexibility index (Phi) is 5.62. The molecule has 0 aliphatic heterocycles. The molecule has 4 nitrogen and oxygen atoms in total. The van der Waals surface area contributed by atoms with Gasteiger partial charge in [-0.25, -0.2) is 4.79 Å². The zero-order chi connectivity index (χ0) is 15.2. The highest BCUT2D eigenvalue weighted by atomic mass is 16.6. The van der Waals surface area contributed by atoms with Crippen LogP contribution < -0.4 is 10.1 Å². The van der Waals surface area contributed by atoms with E-state index < -0.39 is 11.7 Å². The van der Waals surface area contributed by atoms with Gasteiger partial charge in [-0.3, -0.25) is 0 Å². The molecule has 1 atom stereocenters. The molecule has 0 radical (unpaired) electrons. The number of nitrogens with one attached hydrogen (secondary N) is 1. The molecule has 110 valence electrons. The zero-order valence-electron chi connectivity index (χ0n) is 12.6. The van der Waals surface area contributed by atoms with Crippen molar-refractivity contribution in [3.05, 3.63) is 42.5 Å². The highest BCUT2D eigenvalue weighted by molar-refractivity contribution is 5.68.